The molecule has 7 heteroatoms. The van der Waals surface area contributed by atoms with Crippen LogP contribution in [0, 0.1) is 11.7 Å². The summed E-state index contributed by atoms with van der Waals surface area (Å²) in [5.41, 5.74) is 0.819. The van der Waals surface area contributed by atoms with Crippen LogP contribution in [0.5, 0.6) is 0 Å². The van der Waals surface area contributed by atoms with E-state index in [9.17, 15) is 14.0 Å². The molecule has 1 aromatic carbocycles. The van der Waals surface area contributed by atoms with Crippen molar-refractivity contribution in [1.29, 1.82) is 0 Å². The van der Waals surface area contributed by atoms with E-state index in [2.05, 4.69) is 10.6 Å². The summed E-state index contributed by atoms with van der Waals surface area (Å²) in [6.45, 7) is 1.79. The predicted octanol–water partition coefficient (Wildman–Crippen LogP) is 2.01. The monoisotopic (exact) mass is 351 g/mol. The maximum absolute atomic E-state index is 12.9. The van der Waals surface area contributed by atoms with Gasteiger partial charge in [0.2, 0.25) is 5.91 Å². The van der Waals surface area contributed by atoms with Crippen molar-refractivity contribution in [2.75, 3.05) is 18.4 Å². The van der Waals surface area contributed by atoms with Gasteiger partial charge >= 0.3 is 0 Å². The Balaban J connectivity index is 0.00000208. The third-order valence-corrected chi connectivity index (χ3v) is 3.98. The molecule has 1 aliphatic heterocycles. The molecule has 1 saturated heterocycles. The smallest absolute Gasteiger partial charge is 0.274 e. The summed E-state index contributed by atoms with van der Waals surface area (Å²) in [6, 6.07) is 9.31. The fourth-order valence-corrected chi connectivity index (χ4v) is 2.66. The second-order valence-electron chi connectivity index (χ2n) is 5.66. The van der Waals surface area contributed by atoms with Crippen molar-refractivity contribution >= 4 is 24.0 Å². The lowest BCUT2D eigenvalue weighted by atomic mass is 10.1. The molecule has 2 heterocycles. The Hall–Kier alpha value is -2.18. The Morgan fingerprint density at radius 1 is 1.29 bits per heavy atom. The Morgan fingerprint density at radius 2 is 2.04 bits per heavy atom. The molecule has 0 bridgehead atoms. The van der Waals surface area contributed by atoms with Crippen LogP contribution in [0.2, 0.25) is 0 Å². The average molecular weight is 352 g/mol. The highest BCUT2D eigenvalue weighted by molar-refractivity contribution is 5.92. The molecular formula is C17H19ClFN3O2. The quantitative estimate of drug-likeness (QED) is 0.885. The molecule has 5 nitrogen and oxygen atoms in total. The summed E-state index contributed by atoms with van der Waals surface area (Å²) in [6.07, 6.45) is 2.43. The number of carbonyl (C=O) groups is 1. The Morgan fingerprint density at radius 3 is 2.71 bits per heavy atom. The lowest BCUT2D eigenvalue weighted by Gasteiger charge is -2.12. The molecule has 1 unspecified atom stereocenters. The predicted molar refractivity (Wildman–Crippen MR) is 93.1 cm³/mol. The van der Waals surface area contributed by atoms with Gasteiger partial charge in [-0.1, -0.05) is 12.1 Å². The summed E-state index contributed by atoms with van der Waals surface area (Å²) >= 11 is 0. The highest BCUT2D eigenvalue weighted by atomic mass is 35.5. The van der Waals surface area contributed by atoms with Crippen molar-refractivity contribution in [1.82, 2.24) is 9.88 Å². The van der Waals surface area contributed by atoms with Crippen LogP contribution in [-0.2, 0) is 11.3 Å². The molecule has 24 heavy (non-hydrogen) atoms. The highest BCUT2D eigenvalue weighted by Gasteiger charge is 2.23. The molecule has 1 aromatic heterocycles. The number of anilines is 1. The molecule has 1 aliphatic rings. The second kappa shape index (κ2) is 8.08. The molecule has 2 aromatic rings. The van der Waals surface area contributed by atoms with Gasteiger partial charge in [-0.05, 0) is 42.8 Å². The van der Waals surface area contributed by atoms with Crippen molar-refractivity contribution in [3.63, 3.8) is 0 Å². The molecule has 0 saturated carbocycles. The summed E-state index contributed by atoms with van der Waals surface area (Å²) in [5, 5.41) is 5.84. The molecule has 0 radical (unpaired) electrons. The number of carbonyl (C=O) groups excluding carboxylic acids is 1. The van der Waals surface area contributed by atoms with Gasteiger partial charge in [0.05, 0.1) is 12.5 Å². The van der Waals surface area contributed by atoms with Crippen molar-refractivity contribution in [2.24, 2.45) is 5.92 Å². The van der Waals surface area contributed by atoms with E-state index in [4.69, 9.17) is 0 Å². The van der Waals surface area contributed by atoms with E-state index in [0.29, 0.717) is 13.1 Å². The average Bonchev–Trinajstić information content (AvgIpc) is 3.08. The van der Waals surface area contributed by atoms with Crippen molar-refractivity contribution in [3.05, 3.63) is 64.3 Å². The van der Waals surface area contributed by atoms with E-state index in [-0.39, 0.29) is 41.3 Å². The van der Waals surface area contributed by atoms with Gasteiger partial charge in [-0.15, -0.1) is 12.4 Å². The zero-order valence-corrected chi connectivity index (χ0v) is 13.8. The zero-order chi connectivity index (χ0) is 16.2. The topological polar surface area (TPSA) is 63.1 Å². The maximum Gasteiger partial charge on any atom is 0.274 e. The number of hydrogen-bond donors (Lipinski definition) is 2. The van der Waals surface area contributed by atoms with E-state index in [1.807, 2.05) is 0 Å². The van der Waals surface area contributed by atoms with E-state index in [1.54, 1.807) is 30.5 Å². The van der Waals surface area contributed by atoms with E-state index < -0.39 is 0 Å². The fraction of sp³-hybridized carbons (Fsp3) is 0.294. The minimum atomic E-state index is -0.313. The molecule has 1 fully saturated rings. The Kier molecular flexibility index (Phi) is 6.11. The van der Waals surface area contributed by atoms with Crippen LogP contribution < -0.4 is 16.2 Å². The number of aromatic nitrogens is 1. The van der Waals surface area contributed by atoms with Crippen LogP contribution in [-0.4, -0.2) is 23.6 Å². The third-order valence-electron chi connectivity index (χ3n) is 3.98. The van der Waals surface area contributed by atoms with Crippen molar-refractivity contribution < 1.29 is 9.18 Å². The zero-order valence-electron chi connectivity index (χ0n) is 13.0. The van der Waals surface area contributed by atoms with Crippen LogP contribution in [0.3, 0.4) is 0 Å². The van der Waals surface area contributed by atoms with E-state index in [1.165, 1.54) is 16.7 Å². The first-order valence-electron chi connectivity index (χ1n) is 7.59. The number of halogens is 2. The summed E-state index contributed by atoms with van der Waals surface area (Å²) in [5.74, 6) is -0.543. The first-order chi connectivity index (χ1) is 11.1. The summed E-state index contributed by atoms with van der Waals surface area (Å²) in [7, 11) is 0. The fourth-order valence-electron chi connectivity index (χ4n) is 2.66. The van der Waals surface area contributed by atoms with Gasteiger partial charge in [0.1, 0.15) is 11.5 Å². The third kappa shape index (κ3) is 4.21. The van der Waals surface area contributed by atoms with Gasteiger partial charge in [0.25, 0.3) is 5.56 Å². The lowest BCUT2D eigenvalue weighted by molar-refractivity contribution is -0.119. The molecule has 0 aliphatic carbocycles. The maximum atomic E-state index is 12.9. The molecule has 1 amide bonds. The number of amides is 1. The number of hydrogen-bond acceptors (Lipinski definition) is 3. The molecule has 1 atom stereocenters. The minimum Gasteiger partial charge on any atom is -0.321 e. The van der Waals surface area contributed by atoms with Gasteiger partial charge in [0.15, 0.2) is 0 Å². The summed E-state index contributed by atoms with van der Waals surface area (Å²) < 4.78 is 14.4. The standard InChI is InChI=1S/C17H18FN3O2.ClH/c18-14-5-3-12(4-6-14)11-21-9-1-2-15(17(21)23)20-16(22)13-7-8-19-10-13;/h1-6,9,13,19H,7-8,10-11H2,(H,20,22);1H. The molecule has 0 spiro atoms. The molecular weight excluding hydrogens is 333 g/mol. The SMILES string of the molecule is Cl.O=C(Nc1cccn(Cc2ccc(F)cc2)c1=O)C1CCNC1. The minimum absolute atomic E-state index is 0. The molecule has 2 N–H and O–H groups in total. The van der Waals surface area contributed by atoms with Crippen LogP contribution in [0.15, 0.2) is 47.4 Å². The van der Waals surface area contributed by atoms with Crippen LogP contribution in [0.4, 0.5) is 10.1 Å². The number of pyridine rings is 1. The lowest BCUT2D eigenvalue weighted by Crippen LogP contribution is -2.30. The van der Waals surface area contributed by atoms with Gasteiger partial charge < -0.3 is 15.2 Å². The Bertz CT molecular complexity index is 755. The largest absolute Gasteiger partial charge is 0.321 e. The number of benzene rings is 1. The van der Waals surface area contributed by atoms with E-state index >= 15 is 0 Å². The van der Waals surface area contributed by atoms with Crippen LogP contribution in [0.25, 0.3) is 0 Å². The summed E-state index contributed by atoms with van der Waals surface area (Å²) in [4.78, 5) is 24.6. The van der Waals surface area contributed by atoms with Gasteiger partial charge in [-0.3, -0.25) is 9.59 Å². The Labute approximate surface area is 145 Å². The van der Waals surface area contributed by atoms with Crippen LogP contribution in [0.1, 0.15) is 12.0 Å². The van der Waals surface area contributed by atoms with E-state index in [0.717, 1.165) is 18.5 Å². The second-order valence-corrected chi connectivity index (χ2v) is 5.66. The number of nitrogens with one attached hydrogen (secondary N) is 2. The normalized spacial score (nSPS) is 16.5. The first kappa shape index (κ1) is 18.2. The molecule has 128 valence electrons. The van der Waals surface area contributed by atoms with Gasteiger partial charge in [0, 0.05) is 12.7 Å². The number of rotatable bonds is 4. The van der Waals surface area contributed by atoms with Crippen molar-refractivity contribution in [2.45, 2.75) is 13.0 Å². The molecule has 3 rings (SSSR count). The highest BCUT2D eigenvalue weighted by Crippen LogP contribution is 2.11. The number of nitrogens with zero attached hydrogens (tertiary/aromatic N) is 1. The van der Waals surface area contributed by atoms with Gasteiger partial charge in [-0.2, -0.15) is 0 Å². The van der Waals surface area contributed by atoms with Crippen LogP contribution >= 0.6 is 12.4 Å². The first-order valence-corrected chi connectivity index (χ1v) is 7.59. The van der Waals surface area contributed by atoms with Gasteiger partial charge in [-0.25, -0.2) is 4.39 Å². The van der Waals surface area contributed by atoms with Crippen molar-refractivity contribution in [3.8, 4) is 0 Å².